The number of nitrogens with zero attached hydrogens (tertiary/aromatic N) is 4. The van der Waals surface area contributed by atoms with Crippen LogP contribution in [-0.4, -0.2) is 56.5 Å². The predicted molar refractivity (Wildman–Crippen MR) is 131 cm³/mol. The summed E-state index contributed by atoms with van der Waals surface area (Å²) in [6.07, 6.45) is 16.5. The van der Waals surface area contributed by atoms with Gasteiger partial charge in [0.25, 0.3) is 0 Å². The number of aromatic nitrogens is 2. The van der Waals surface area contributed by atoms with E-state index in [-0.39, 0.29) is 0 Å². The van der Waals surface area contributed by atoms with Crippen molar-refractivity contribution in [2.45, 2.75) is 94.8 Å². The third kappa shape index (κ3) is 4.23. The number of hydrogen-bond donors (Lipinski definition) is 1. The number of hydrogen-bond acceptors (Lipinski definition) is 5. The van der Waals surface area contributed by atoms with E-state index in [1.807, 2.05) is 12.1 Å². The molecule has 0 radical (unpaired) electrons. The van der Waals surface area contributed by atoms with Crippen LogP contribution in [0.1, 0.15) is 82.5 Å². The van der Waals surface area contributed by atoms with Gasteiger partial charge in [-0.1, -0.05) is 43.0 Å². The first-order valence-electron chi connectivity index (χ1n) is 13.3. The first-order valence-corrected chi connectivity index (χ1v) is 13.3. The Labute approximate surface area is 201 Å². The lowest BCUT2D eigenvalue weighted by Crippen LogP contribution is -2.58. The van der Waals surface area contributed by atoms with Crippen LogP contribution in [0.25, 0.3) is 11.0 Å². The SMILES string of the molecule is O=C(O)CON=Cc1nc2ccccc2n1C1C[C@H]2CCC[C@@H](C1)N2C1C[C@H]2CCC[C@@H](C1)C2. The lowest BCUT2D eigenvalue weighted by Gasteiger charge is -2.55. The van der Waals surface area contributed by atoms with Gasteiger partial charge >= 0.3 is 5.97 Å². The molecule has 7 nitrogen and oxygen atoms in total. The molecule has 2 aliphatic carbocycles. The van der Waals surface area contributed by atoms with Crippen molar-refractivity contribution < 1.29 is 14.7 Å². The molecule has 182 valence electrons. The Hall–Kier alpha value is -2.41. The summed E-state index contributed by atoms with van der Waals surface area (Å²) in [5.74, 6) is 1.65. The third-order valence-corrected chi connectivity index (χ3v) is 8.95. The van der Waals surface area contributed by atoms with Crippen LogP contribution in [0, 0.1) is 11.8 Å². The average molecular weight is 465 g/mol. The highest BCUT2D eigenvalue weighted by atomic mass is 16.6. The molecule has 0 amide bonds. The Morgan fingerprint density at radius 2 is 1.68 bits per heavy atom. The van der Waals surface area contributed by atoms with E-state index in [4.69, 9.17) is 14.9 Å². The predicted octanol–water partition coefficient (Wildman–Crippen LogP) is 5.00. The van der Waals surface area contributed by atoms with Gasteiger partial charge in [-0.25, -0.2) is 9.78 Å². The Balaban J connectivity index is 1.26. The van der Waals surface area contributed by atoms with E-state index in [0.717, 1.165) is 47.6 Å². The average Bonchev–Trinajstić information content (AvgIpc) is 3.19. The van der Waals surface area contributed by atoms with Crippen molar-refractivity contribution in [2.24, 2.45) is 17.0 Å². The first kappa shape index (κ1) is 22.1. The second kappa shape index (κ2) is 9.33. The molecule has 2 unspecified atom stereocenters. The van der Waals surface area contributed by atoms with Crippen molar-refractivity contribution in [3.05, 3.63) is 30.1 Å². The van der Waals surface area contributed by atoms with Crippen molar-refractivity contribution in [1.82, 2.24) is 14.5 Å². The number of carboxylic acid groups (broad SMARTS) is 1. The topological polar surface area (TPSA) is 80.0 Å². The third-order valence-electron chi connectivity index (χ3n) is 8.95. The summed E-state index contributed by atoms with van der Waals surface area (Å²) in [4.78, 5) is 23.5. The molecule has 4 fully saturated rings. The Kier molecular flexibility index (Phi) is 6.06. The first-order chi connectivity index (χ1) is 16.7. The number of carboxylic acids is 1. The minimum absolute atomic E-state index is 0.378. The fourth-order valence-electron chi connectivity index (χ4n) is 7.85. The van der Waals surface area contributed by atoms with Gasteiger partial charge in [-0.3, -0.25) is 4.90 Å². The number of imidazole rings is 1. The van der Waals surface area contributed by atoms with Gasteiger partial charge in [0.1, 0.15) is 6.21 Å². The van der Waals surface area contributed by atoms with Gasteiger partial charge in [-0.05, 0) is 68.9 Å². The lowest BCUT2D eigenvalue weighted by atomic mass is 9.68. The van der Waals surface area contributed by atoms with Crippen LogP contribution < -0.4 is 0 Å². The zero-order chi connectivity index (χ0) is 23.1. The Bertz CT molecular complexity index is 1040. The molecule has 0 spiro atoms. The minimum atomic E-state index is -1.03. The summed E-state index contributed by atoms with van der Waals surface area (Å²) in [5.41, 5.74) is 2.08. The Morgan fingerprint density at radius 1 is 0.971 bits per heavy atom. The monoisotopic (exact) mass is 464 g/mol. The van der Waals surface area contributed by atoms with Crippen LogP contribution >= 0.6 is 0 Å². The maximum absolute atomic E-state index is 10.8. The van der Waals surface area contributed by atoms with Crippen molar-refractivity contribution in [3.63, 3.8) is 0 Å². The molecular weight excluding hydrogens is 428 g/mol. The summed E-state index contributed by atoms with van der Waals surface area (Å²) in [6.45, 7) is -0.442. The lowest BCUT2D eigenvalue weighted by molar-refractivity contribution is -0.142. The summed E-state index contributed by atoms with van der Waals surface area (Å²) >= 11 is 0. The fraction of sp³-hybridized carbons (Fsp3) is 0.667. The van der Waals surface area contributed by atoms with Crippen LogP contribution in [0.15, 0.2) is 29.4 Å². The standard InChI is InChI=1S/C27H36N4O3/c32-27(33)17-34-28-16-26-29-24-9-1-2-10-25(24)31(26)23-14-20-7-4-8-21(15-23)30(20)22-12-18-5-3-6-19(11-18)13-22/h1-2,9-10,16,18-23H,3-8,11-15,17H2,(H,32,33)/t18-,19+,20-,21+,22?,23?. The summed E-state index contributed by atoms with van der Waals surface area (Å²) in [5, 5.41) is 12.8. The highest BCUT2D eigenvalue weighted by Crippen LogP contribution is 2.47. The molecule has 2 saturated heterocycles. The van der Waals surface area contributed by atoms with Crippen LogP contribution in [0.4, 0.5) is 0 Å². The van der Waals surface area contributed by atoms with E-state index in [1.54, 1.807) is 6.21 Å². The van der Waals surface area contributed by atoms with Gasteiger partial charge in [0.15, 0.2) is 5.82 Å². The number of benzene rings is 1. The normalized spacial score (nSPS) is 33.9. The maximum Gasteiger partial charge on any atom is 0.344 e. The zero-order valence-electron chi connectivity index (χ0n) is 19.9. The van der Waals surface area contributed by atoms with Crippen molar-refractivity contribution >= 4 is 23.2 Å². The smallest absolute Gasteiger partial charge is 0.344 e. The molecule has 7 heteroatoms. The van der Waals surface area contributed by atoms with E-state index < -0.39 is 12.6 Å². The second-order valence-electron chi connectivity index (χ2n) is 11.1. The molecule has 4 aliphatic rings. The molecular formula is C27H36N4O3. The second-order valence-corrected chi connectivity index (χ2v) is 11.1. The number of carbonyl (C=O) groups is 1. The van der Waals surface area contributed by atoms with Crippen molar-refractivity contribution in [1.29, 1.82) is 0 Å². The number of fused-ring (bicyclic) bond motifs is 5. The highest BCUT2D eigenvalue weighted by molar-refractivity contribution is 5.85. The minimum Gasteiger partial charge on any atom is -0.479 e. The van der Waals surface area contributed by atoms with Gasteiger partial charge in [0.05, 0.1) is 11.0 Å². The maximum atomic E-state index is 10.8. The molecule has 6 rings (SSSR count). The summed E-state index contributed by atoms with van der Waals surface area (Å²) < 4.78 is 2.35. The van der Waals surface area contributed by atoms with Gasteiger partial charge in [0.2, 0.25) is 6.61 Å². The molecule has 4 bridgehead atoms. The zero-order valence-corrected chi connectivity index (χ0v) is 19.9. The number of aliphatic carboxylic acids is 1. The van der Waals surface area contributed by atoms with Crippen molar-refractivity contribution in [3.8, 4) is 0 Å². The van der Waals surface area contributed by atoms with E-state index >= 15 is 0 Å². The van der Waals surface area contributed by atoms with Gasteiger partial charge in [-0.2, -0.15) is 0 Å². The summed E-state index contributed by atoms with van der Waals surface area (Å²) in [7, 11) is 0. The largest absolute Gasteiger partial charge is 0.479 e. The molecule has 1 aromatic carbocycles. The number of rotatable bonds is 6. The summed E-state index contributed by atoms with van der Waals surface area (Å²) in [6, 6.07) is 10.7. The van der Waals surface area contributed by atoms with Gasteiger partial charge in [-0.15, -0.1) is 0 Å². The fourth-order valence-corrected chi connectivity index (χ4v) is 7.85. The molecule has 6 atom stereocenters. The quantitative estimate of drug-likeness (QED) is 0.481. The molecule has 1 aromatic heterocycles. The number of oxime groups is 1. The van der Waals surface area contributed by atoms with Crippen LogP contribution in [-0.2, 0) is 9.63 Å². The number of piperidine rings is 2. The Morgan fingerprint density at radius 3 is 2.41 bits per heavy atom. The van der Waals surface area contributed by atoms with Gasteiger partial charge in [0, 0.05) is 24.2 Å². The molecule has 3 heterocycles. The van der Waals surface area contributed by atoms with Gasteiger partial charge < -0.3 is 14.5 Å². The van der Waals surface area contributed by atoms with Crippen molar-refractivity contribution in [2.75, 3.05) is 6.61 Å². The highest BCUT2D eigenvalue weighted by Gasteiger charge is 2.45. The van der Waals surface area contributed by atoms with E-state index in [1.165, 1.54) is 57.8 Å². The van der Waals surface area contributed by atoms with E-state index in [2.05, 4.69) is 26.8 Å². The van der Waals surface area contributed by atoms with Crippen LogP contribution in [0.3, 0.4) is 0 Å². The number of para-hydroxylation sites is 2. The van der Waals surface area contributed by atoms with Crippen LogP contribution in [0.5, 0.6) is 0 Å². The molecule has 2 aromatic rings. The molecule has 2 saturated carbocycles. The van der Waals surface area contributed by atoms with E-state index in [0.29, 0.717) is 18.1 Å². The van der Waals surface area contributed by atoms with E-state index in [9.17, 15) is 4.79 Å². The van der Waals surface area contributed by atoms with Crippen LogP contribution in [0.2, 0.25) is 0 Å². The molecule has 34 heavy (non-hydrogen) atoms. The molecule has 1 N–H and O–H groups in total. The molecule has 2 aliphatic heterocycles.